The SMILES string of the molecule is COC(=O)c1ccc(CNCCS(C)(=O)=O)cc1F. The van der Waals surface area contributed by atoms with Crippen LogP contribution in [0.2, 0.25) is 0 Å². The molecule has 1 N–H and O–H groups in total. The number of ether oxygens (including phenoxy) is 1. The Morgan fingerprint density at radius 1 is 1.42 bits per heavy atom. The van der Waals surface area contributed by atoms with Crippen LogP contribution in [0.1, 0.15) is 15.9 Å². The first-order valence-corrected chi connectivity index (χ1v) is 7.64. The molecule has 0 unspecified atom stereocenters. The number of rotatable bonds is 6. The fourth-order valence-electron chi connectivity index (χ4n) is 1.43. The highest BCUT2D eigenvalue weighted by atomic mass is 32.2. The molecule has 1 aromatic carbocycles. The van der Waals surface area contributed by atoms with Gasteiger partial charge in [0.1, 0.15) is 15.7 Å². The minimum Gasteiger partial charge on any atom is -0.465 e. The van der Waals surface area contributed by atoms with Crippen LogP contribution >= 0.6 is 0 Å². The molecule has 5 nitrogen and oxygen atoms in total. The van der Waals surface area contributed by atoms with Gasteiger partial charge in [0.2, 0.25) is 0 Å². The third kappa shape index (κ3) is 5.35. The summed E-state index contributed by atoms with van der Waals surface area (Å²) in [6, 6.07) is 4.15. The van der Waals surface area contributed by atoms with Crippen molar-refractivity contribution in [2.24, 2.45) is 0 Å². The van der Waals surface area contributed by atoms with Crippen molar-refractivity contribution in [2.75, 3.05) is 25.7 Å². The minimum atomic E-state index is -3.01. The summed E-state index contributed by atoms with van der Waals surface area (Å²) < 4.78 is 39.8. The molecule has 0 aliphatic heterocycles. The van der Waals surface area contributed by atoms with Crippen LogP contribution < -0.4 is 5.32 Å². The van der Waals surface area contributed by atoms with Crippen molar-refractivity contribution in [1.29, 1.82) is 0 Å². The molecule has 0 atom stereocenters. The molecule has 19 heavy (non-hydrogen) atoms. The molecule has 0 spiro atoms. The van der Waals surface area contributed by atoms with Crippen LogP contribution in [-0.2, 0) is 21.1 Å². The average Bonchev–Trinajstić information content (AvgIpc) is 2.33. The summed E-state index contributed by atoms with van der Waals surface area (Å²) in [7, 11) is -1.82. The van der Waals surface area contributed by atoms with Crippen LogP contribution in [0.4, 0.5) is 4.39 Å². The maximum absolute atomic E-state index is 13.6. The van der Waals surface area contributed by atoms with Gasteiger partial charge in [-0.1, -0.05) is 6.07 Å². The van der Waals surface area contributed by atoms with Gasteiger partial charge >= 0.3 is 5.97 Å². The molecule has 0 radical (unpaired) electrons. The van der Waals surface area contributed by atoms with Gasteiger partial charge in [-0.2, -0.15) is 0 Å². The molecule has 7 heteroatoms. The van der Waals surface area contributed by atoms with Crippen LogP contribution in [0.3, 0.4) is 0 Å². The van der Waals surface area contributed by atoms with Crippen molar-refractivity contribution < 1.29 is 22.3 Å². The Labute approximate surface area is 111 Å². The van der Waals surface area contributed by atoms with Crippen LogP contribution in [0.15, 0.2) is 18.2 Å². The molecular weight excluding hydrogens is 273 g/mol. The van der Waals surface area contributed by atoms with Crippen LogP contribution in [0.25, 0.3) is 0 Å². The molecule has 1 rings (SSSR count). The summed E-state index contributed by atoms with van der Waals surface area (Å²) in [5.74, 6) is -1.36. The second-order valence-electron chi connectivity index (χ2n) is 4.11. The standard InChI is InChI=1S/C12H16FNO4S/c1-18-12(15)10-4-3-9(7-11(10)13)8-14-5-6-19(2,16)17/h3-4,7,14H,5-6,8H2,1-2H3. The van der Waals surface area contributed by atoms with Crippen molar-refractivity contribution >= 4 is 15.8 Å². The fourth-order valence-corrected chi connectivity index (χ4v) is 1.95. The smallest absolute Gasteiger partial charge is 0.340 e. The third-order valence-electron chi connectivity index (χ3n) is 2.42. The van der Waals surface area contributed by atoms with Crippen molar-refractivity contribution in [2.45, 2.75) is 6.54 Å². The highest BCUT2D eigenvalue weighted by Gasteiger charge is 2.12. The van der Waals surface area contributed by atoms with E-state index in [-0.39, 0.29) is 11.3 Å². The van der Waals surface area contributed by atoms with Gasteiger partial charge in [0, 0.05) is 19.3 Å². The van der Waals surface area contributed by atoms with E-state index in [0.29, 0.717) is 18.7 Å². The largest absolute Gasteiger partial charge is 0.465 e. The number of nitrogens with one attached hydrogen (secondary N) is 1. The summed E-state index contributed by atoms with van der Waals surface area (Å²) in [5.41, 5.74) is 0.501. The van der Waals surface area contributed by atoms with E-state index in [2.05, 4.69) is 10.1 Å². The lowest BCUT2D eigenvalue weighted by Gasteiger charge is -2.06. The molecule has 0 heterocycles. The Kier molecular flexibility index (Phi) is 5.44. The number of methoxy groups -OCH3 is 1. The van der Waals surface area contributed by atoms with E-state index in [4.69, 9.17) is 0 Å². The topological polar surface area (TPSA) is 72.5 Å². The maximum atomic E-state index is 13.6. The highest BCUT2D eigenvalue weighted by Crippen LogP contribution is 2.11. The predicted molar refractivity (Wildman–Crippen MR) is 69.2 cm³/mol. The van der Waals surface area contributed by atoms with Gasteiger partial charge in [0.05, 0.1) is 18.4 Å². The number of hydrogen-bond donors (Lipinski definition) is 1. The van der Waals surface area contributed by atoms with E-state index in [1.54, 1.807) is 6.07 Å². The molecule has 0 saturated heterocycles. The molecular formula is C12H16FNO4S. The van der Waals surface area contributed by atoms with E-state index in [1.807, 2.05) is 0 Å². The molecule has 1 aromatic rings. The summed E-state index contributed by atoms with van der Waals surface area (Å²) in [4.78, 5) is 11.2. The number of benzene rings is 1. The number of esters is 1. The summed E-state index contributed by atoms with van der Waals surface area (Å²) in [6.07, 6.45) is 1.15. The Hall–Kier alpha value is -1.47. The van der Waals surface area contributed by atoms with Gasteiger partial charge in [-0.05, 0) is 17.7 Å². The van der Waals surface area contributed by atoms with E-state index in [0.717, 1.165) is 6.26 Å². The number of hydrogen-bond acceptors (Lipinski definition) is 5. The number of carbonyl (C=O) groups excluding carboxylic acids is 1. The zero-order valence-corrected chi connectivity index (χ0v) is 11.6. The van der Waals surface area contributed by atoms with Crippen molar-refractivity contribution in [3.05, 3.63) is 35.1 Å². The Bertz CT molecular complexity index is 557. The lowest BCUT2D eigenvalue weighted by Crippen LogP contribution is -2.22. The summed E-state index contributed by atoms with van der Waals surface area (Å²) >= 11 is 0. The molecule has 0 aromatic heterocycles. The van der Waals surface area contributed by atoms with Crippen molar-refractivity contribution in [3.8, 4) is 0 Å². The van der Waals surface area contributed by atoms with Gasteiger partial charge in [0.15, 0.2) is 0 Å². The molecule has 106 valence electrons. The van der Waals surface area contributed by atoms with Crippen LogP contribution in [0.5, 0.6) is 0 Å². The normalized spacial score (nSPS) is 11.3. The van der Waals surface area contributed by atoms with E-state index in [1.165, 1.54) is 19.2 Å². The molecule has 0 fully saturated rings. The molecule has 0 saturated carbocycles. The lowest BCUT2D eigenvalue weighted by molar-refractivity contribution is 0.0595. The lowest BCUT2D eigenvalue weighted by atomic mass is 10.1. The zero-order chi connectivity index (χ0) is 14.5. The number of halogens is 1. The first-order chi connectivity index (χ1) is 8.83. The molecule has 0 aliphatic carbocycles. The first-order valence-electron chi connectivity index (χ1n) is 5.58. The van der Waals surface area contributed by atoms with Crippen molar-refractivity contribution in [3.63, 3.8) is 0 Å². The number of carbonyl (C=O) groups is 1. The highest BCUT2D eigenvalue weighted by molar-refractivity contribution is 7.90. The summed E-state index contributed by atoms with van der Waals surface area (Å²) in [6.45, 7) is 0.618. The average molecular weight is 289 g/mol. The van der Waals surface area contributed by atoms with E-state index >= 15 is 0 Å². The second-order valence-corrected chi connectivity index (χ2v) is 6.37. The minimum absolute atomic E-state index is 0.0235. The van der Waals surface area contributed by atoms with Crippen LogP contribution in [0, 0.1) is 5.82 Å². The molecule has 0 bridgehead atoms. The van der Waals surface area contributed by atoms with Gasteiger partial charge in [-0.15, -0.1) is 0 Å². The molecule has 0 amide bonds. The zero-order valence-electron chi connectivity index (χ0n) is 10.8. The van der Waals surface area contributed by atoms with Gasteiger partial charge in [-0.25, -0.2) is 17.6 Å². The van der Waals surface area contributed by atoms with Gasteiger partial charge < -0.3 is 10.1 Å². The van der Waals surface area contributed by atoms with Crippen molar-refractivity contribution in [1.82, 2.24) is 5.32 Å². The van der Waals surface area contributed by atoms with Crippen LogP contribution in [-0.4, -0.2) is 40.1 Å². The van der Waals surface area contributed by atoms with E-state index < -0.39 is 21.6 Å². The Morgan fingerprint density at radius 3 is 2.63 bits per heavy atom. The first kappa shape index (κ1) is 15.6. The maximum Gasteiger partial charge on any atom is 0.340 e. The molecule has 0 aliphatic rings. The fraction of sp³-hybridized carbons (Fsp3) is 0.417. The van der Waals surface area contributed by atoms with E-state index in [9.17, 15) is 17.6 Å². The predicted octanol–water partition coefficient (Wildman–Crippen LogP) is 0.746. The third-order valence-corrected chi connectivity index (χ3v) is 3.36. The Balaban J connectivity index is 2.57. The monoisotopic (exact) mass is 289 g/mol. The summed E-state index contributed by atoms with van der Waals surface area (Å²) in [5, 5.41) is 2.89. The second kappa shape index (κ2) is 6.63. The number of sulfone groups is 1. The van der Waals surface area contributed by atoms with Gasteiger partial charge in [-0.3, -0.25) is 0 Å². The quantitative estimate of drug-likeness (QED) is 0.618. The Morgan fingerprint density at radius 2 is 2.11 bits per heavy atom. The van der Waals surface area contributed by atoms with Gasteiger partial charge in [0.25, 0.3) is 0 Å².